The van der Waals surface area contributed by atoms with Gasteiger partial charge in [0.05, 0.1) is 26.4 Å². The second kappa shape index (κ2) is 12.8. The van der Waals surface area contributed by atoms with E-state index in [0.29, 0.717) is 6.61 Å². The number of hydrogen-bond acceptors (Lipinski definition) is 5. The number of halogens is 4. The Bertz CT molecular complexity index is 1440. The zero-order chi connectivity index (χ0) is 30.7. The van der Waals surface area contributed by atoms with Gasteiger partial charge in [-0.25, -0.2) is 18.0 Å². The minimum Gasteiger partial charge on any atom is -0.453 e. The summed E-state index contributed by atoms with van der Waals surface area (Å²) in [7, 11) is 1.19. The molecule has 2 fully saturated rings. The average Bonchev–Trinajstić information content (AvgIpc) is 3.64. The Balaban J connectivity index is 1.52. The molecule has 3 amide bonds. The summed E-state index contributed by atoms with van der Waals surface area (Å²) in [6, 6.07) is 7.92. The highest BCUT2D eigenvalue weighted by atomic mass is 35.5. The van der Waals surface area contributed by atoms with Gasteiger partial charge in [0.15, 0.2) is 0 Å². The van der Waals surface area contributed by atoms with Gasteiger partial charge in [0.25, 0.3) is 11.8 Å². The highest BCUT2D eigenvalue weighted by Crippen LogP contribution is 2.39. The molecule has 228 valence electrons. The van der Waals surface area contributed by atoms with Crippen LogP contribution in [0.5, 0.6) is 0 Å². The second-order valence-corrected chi connectivity index (χ2v) is 11.3. The van der Waals surface area contributed by atoms with Gasteiger partial charge >= 0.3 is 6.09 Å². The highest BCUT2D eigenvalue weighted by molar-refractivity contribution is 6.31. The molecule has 8 nitrogen and oxygen atoms in total. The van der Waals surface area contributed by atoms with E-state index in [-0.39, 0.29) is 29.2 Å². The molecule has 0 aromatic heterocycles. The number of amides is 3. The van der Waals surface area contributed by atoms with Gasteiger partial charge in [-0.05, 0) is 36.3 Å². The predicted molar refractivity (Wildman–Crippen MR) is 153 cm³/mol. The van der Waals surface area contributed by atoms with Crippen LogP contribution >= 0.6 is 11.6 Å². The van der Waals surface area contributed by atoms with Crippen molar-refractivity contribution in [2.45, 2.75) is 55.8 Å². The van der Waals surface area contributed by atoms with Gasteiger partial charge in [-0.2, -0.15) is 0 Å². The first-order valence-corrected chi connectivity index (χ1v) is 14.3. The standard InChI is InChI=1S/C31H31ClF3N3O5/c1-42-30(41)37-17-23(43-18-19-7-2-3-8-19)14-26(37)29(40)38(22-10-6-9-20(33)13-22)27(24-11-4-5-12-25(24)32)28(39)36-21-15-31(34,35)16-21/h2-7,9-13,21,23,26-27H,8,14-18H2,1H3,(H,36,39)/t23-,26-,27-/m0/s1. The Morgan fingerprint density at radius 2 is 1.93 bits per heavy atom. The average molecular weight is 618 g/mol. The zero-order valence-electron chi connectivity index (χ0n) is 23.4. The van der Waals surface area contributed by atoms with Gasteiger partial charge in [0.1, 0.15) is 17.9 Å². The summed E-state index contributed by atoms with van der Waals surface area (Å²) in [6.45, 7) is 0.346. The number of carbonyl (C=O) groups is 3. The van der Waals surface area contributed by atoms with Crippen LogP contribution < -0.4 is 10.2 Å². The second-order valence-electron chi connectivity index (χ2n) is 10.8. The molecule has 1 heterocycles. The molecular formula is C31H31ClF3N3O5. The van der Waals surface area contributed by atoms with Gasteiger partial charge in [-0.3, -0.25) is 19.4 Å². The molecule has 1 saturated heterocycles. The smallest absolute Gasteiger partial charge is 0.410 e. The van der Waals surface area contributed by atoms with Crippen molar-refractivity contribution in [1.29, 1.82) is 0 Å². The largest absolute Gasteiger partial charge is 0.453 e. The molecule has 0 bridgehead atoms. The molecule has 43 heavy (non-hydrogen) atoms. The SMILES string of the molecule is COC(=O)N1C[C@@H](OCC2=CC=CC2)C[C@H]1C(=O)N(c1cccc(F)c1)[C@H](C(=O)NC1CC(F)(F)C1)c1ccccc1Cl. The Hall–Kier alpha value is -3.83. The lowest BCUT2D eigenvalue weighted by Gasteiger charge is -2.39. The van der Waals surface area contributed by atoms with Crippen molar-refractivity contribution < 1.29 is 37.0 Å². The fraction of sp³-hybridized carbons (Fsp3) is 0.387. The fourth-order valence-electron chi connectivity index (χ4n) is 5.62. The number of ether oxygens (including phenoxy) is 2. The fourth-order valence-corrected chi connectivity index (χ4v) is 5.86. The van der Waals surface area contributed by atoms with Crippen molar-refractivity contribution in [2.75, 3.05) is 25.2 Å². The van der Waals surface area contributed by atoms with E-state index in [1.807, 2.05) is 18.2 Å². The van der Waals surface area contributed by atoms with Crippen molar-refractivity contribution in [1.82, 2.24) is 10.2 Å². The minimum absolute atomic E-state index is 0.0142. The Kier molecular flexibility index (Phi) is 9.12. The number of nitrogens with zero attached hydrogens (tertiary/aromatic N) is 2. The number of rotatable bonds is 9. The van der Waals surface area contributed by atoms with Crippen LogP contribution in [0.3, 0.4) is 0 Å². The quantitative estimate of drug-likeness (QED) is 0.397. The van der Waals surface area contributed by atoms with Gasteiger partial charge in [0.2, 0.25) is 5.91 Å². The first-order chi connectivity index (χ1) is 20.6. The first kappa shape index (κ1) is 30.6. The molecule has 3 atom stereocenters. The van der Waals surface area contributed by atoms with Crippen LogP contribution in [0.25, 0.3) is 0 Å². The van der Waals surface area contributed by atoms with Crippen molar-refractivity contribution >= 4 is 35.2 Å². The van der Waals surface area contributed by atoms with Crippen molar-refractivity contribution in [3.8, 4) is 0 Å². The molecule has 1 saturated carbocycles. The van der Waals surface area contributed by atoms with Gasteiger partial charge in [-0.15, -0.1) is 0 Å². The predicted octanol–water partition coefficient (Wildman–Crippen LogP) is 5.58. The molecule has 5 rings (SSSR count). The number of allylic oxidation sites excluding steroid dienone is 3. The number of methoxy groups -OCH3 is 1. The number of hydrogen-bond donors (Lipinski definition) is 1. The van der Waals surface area contributed by atoms with Crippen LogP contribution in [0.4, 0.5) is 23.7 Å². The summed E-state index contributed by atoms with van der Waals surface area (Å²) in [5.74, 6) is -5.08. The summed E-state index contributed by atoms with van der Waals surface area (Å²) < 4.78 is 52.8. The molecule has 2 aromatic rings. The lowest BCUT2D eigenvalue weighted by molar-refractivity contribution is -0.133. The third kappa shape index (κ3) is 6.88. The molecule has 0 unspecified atom stereocenters. The summed E-state index contributed by atoms with van der Waals surface area (Å²) >= 11 is 6.52. The molecule has 2 aromatic carbocycles. The number of likely N-dealkylation sites (tertiary alicyclic amines) is 1. The third-order valence-corrected chi connectivity index (χ3v) is 8.12. The number of nitrogens with one attached hydrogen (secondary N) is 1. The van der Waals surface area contributed by atoms with E-state index >= 15 is 0 Å². The van der Waals surface area contributed by atoms with E-state index in [2.05, 4.69) is 5.32 Å². The van der Waals surface area contributed by atoms with Crippen LogP contribution in [0.2, 0.25) is 5.02 Å². The Labute approximate surface area is 252 Å². The topological polar surface area (TPSA) is 88.2 Å². The molecule has 12 heteroatoms. The molecule has 3 aliphatic rings. The number of benzene rings is 2. The highest BCUT2D eigenvalue weighted by Gasteiger charge is 2.49. The van der Waals surface area contributed by atoms with E-state index in [0.717, 1.165) is 23.0 Å². The van der Waals surface area contributed by atoms with Crippen LogP contribution in [0.15, 0.2) is 72.3 Å². The molecule has 2 aliphatic carbocycles. The van der Waals surface area contributed by atoms with E-state index in [9.17, 15) is 27.6 Å². The van der Waals surface area contributed by atoms with E-state index in [1.165, 1.54) is 42.3 Å². The lowest BCUT2D eigenvalue weighted by atomic mass is 9.87. The minimum atomic E-state index is -2.90. The Morgan fingerprint density at radius 3 is 2.58 bits per heavy atom. The normalized spacial score (nSPS) is 21.6. The summed E-state index contributed by atoms with van der Waals surface area (Å²) in [4.78, 5) is 43.5. The molecule has 0 spiro atoms. The maximum Gasteiger partial charge on any atom is 0.410 e. The van der Waals surface area contributed by atoms with Gasteiger partial charge in [0, 0.05) is 41.6 Å². The van der Waals surface area contributed by atoms with Crippen LogP contribution in [-0.4, -0.2) is 67.2 Å². The van der Waals surface area contributed by atoms with Crippen molar-refractivity contribution in [3.63, 3.8) is 0 Å². The number of alkyl halides is 2. The summed E-state index contributed by atoms with van der Waals surface area (Å²) in [6.07, 6.45) is 4.25. The maximum absolute atomic E-state index is 14.6. The lowest BCUT2D eigenvalue weighted by Crippen LogP contribution is -2.56. The summed E-state index contributed by atoms with van der Waals surface area (Å²) in [5.41, 5.74) is 1.25. The van der Waals surface area contributed by atoms with E-state index in [4.69, 9.17) is 21.1 Å². The van der Waals surface area contributed by atoms with Gasteiger partial charge < -0.3 is 14.8 Å². The molecule has 0 radical (unpaired) electrons. The first-order valence-electron chi connectivity index (χ1n) is 13.9. The van der Waals surface area contributed by atoms with E-state index in [1.54, 1.807) is 12.1 Å². The van der Waals surface area contributed by atoms with Crippen LogP contribution in [-0.2, 0) is 19.1 Å². The third-order valence-electron chi connectivity index (χ3n) is 7.78. The van der Waals surface area contributed by atoms with Crippen molar-refractivity contribution in [3.05, 3.63) is 88.7 Å². The molecular weight excluding hydrogens is 587 g/mol. The molecule has 1 aliphatic heterocycles. The summed E-state index contributed by atoms with van der Waals surface area (Å²) in [5, 5.41) is 2.74. The van der Waals surface area contributed by atoms with Crippen LogP contribution in [0, 0.1) is 5.82 Å². The monoisotopic (exact) mass is 617 g/mol. The Morgan fingerprint density at radius 1 is 1.16 bits per heavy atom. The number of anilines is 1. The number of carbonyl (C=O) groups excluding carboxylic acids is 3. The van der Waals surface area contributed by atoms with Gasteiger partial charge in [-0.1, -0.05) is 54.1 Å². The van der Waals surface area contributed by atoms with Crippen molar-refractivity contribution in [2.24, 2.45) is 0 Å². The zero-order valence-corrected chi connectivity index (χ0v) is 24.1. The molecule has 1 N–H and O–H groups in total. The van der Waals surface area contributed by atoms with Crippen LogP contribution in [0.1, 0.15) is 37.3 Å². The maximum atomic E-state index is 14.6. The van der Waals surface area contributed by atoms with E-state index < -0.39 is 66.7 Å².